The van der Waals surface area contributed by atoms with Crippen molar-refractivity contribution in [3.8, 4) is 22.8 Å². The summed E-state index contributed by atoms with van der Waals surface area (Å²) in [5.74, 6) is -3.48. The Bertz CT molecular complexity index is 1260. The van der Waals surface area contributed by atoms with Crippen molar-refractivity contribution in [2.24, 2.45) is 0 Å². The van der Waals surface area contributed by atoms with Crippen molar-refractivity contribution >= 4 is 23.5 Å². The van der Waals surface area contributed by atoms with Gasteiger partial charge in [-0.05, 0) is 30.3 Å². The SMILES string of the molecule is COc1cc(C(=O)NNC(=O)N[C@H](C)c2ncc(-c3cc(Cl)cc(F)c3OCC(F)F)cc2F)on1. The number of pyridine rings is 1. The Labute approximate surface area is 205 Å². The molecule has 0 aliphatic carbocycles. The van der Waals surface area contributed by atoms with Gasteiger partial charge in [0.25, 0.3) is 12.3 Å². The lowest BCUT2D eigenvalue weighted by Crippen LogP contribution is -2.47. The molecule has 192 valence electrons. The minimum atomic E-state index is -2.87. The van der Waals surface area contributed by atoms with Crippen LogP contribution in [0.25, 0.3) is 11.1 Å². The first-order chi connectivity index (χ1) is 17.1. The quantitative estimate of drug-likeness (QED) is 0.296. The molecule has 0 aliphatic heterocycles. The number of methoxy groups -OCH3 is 1. The lowest BCUT2D eigenvalue weighted by Gasteiger charge is -2.17. The van der Waals surface area contributed by atoms with E-state index < -0.39 is 48.4 Å². The number of halogens is 5. The monoisotopic (exact) mass is 531 g/mol. The third-order valence-electron chi connectivity index (χ3n) is 4.51. The van der Waals surface area contributed by atoms with E-state index in [1.807, 2.05) is 5.43 Å². The van der Waals surface area contributed by atoms with E-state index in [0.717, 1.165) is 18.3 Å². The smallest absolute Gasteiger partial charge is 0.334 e. The number of amides is 3. The Morgan fingerprint density at radius 3 is 2.53 bits per heavy atom. The lowest BCUT2D eigenvalue weighted by atomic mass is 10.0. The van der Waals surface area contributed by atoms with Crippen molar-refractivity contribution < 1.29 is 41.1 Å². The predicted octanol–water partition coefficient (Wildman–Crippen LogP) is 4.03. The predicted molar refractivity (Wildman–Crippen MR) is 117 cm³/mol. The highest BCUT2D eigenvalue weighted by Crippen LogP contribution is 2.36. The molecule has 3 rings (SSSR count). The van der Waals surface area contributed by atoms with E-state index >= 15 is 0 Å². The number of aromatic nitrogens is 2. The summed E-state index contributed by atoms with van der Waals surface area (Å²) in [5.41, 5.74) is 3.79. The number of urea groups is 1. The van der Waals surface area contributed by atoms with E-state index in [0.29, 0.717) is 0 Å². The van der Waals surface area contributed by atoms with Crippen molar-refractivity contribution in [2.45, 2.75) is 19.4 Å². The van der Waals surface area contributed by atoms with E-state index in [1.54, 1.807) is 0 Å². The fourth-order valence-electron chi connectivity index (χ4n) is 2.92. The molecule has 1 aromatic carbocycles. The molecular formula is C21H18ClF4N5O5. The molecule has 0 fully saturated rings. The topological polar surface area (TPSA) is 128 Å². The van der Waals surface area contributed by atoms with Crippen molar-refractivity contribution in [1.29, 1.82) is 0 Å². The Morgan fingerprint density at radius 1 is 1.14 bits per heavy atom. The summed E-state index contributed by atoms with van der Waals surface area (Å²) in [6, 6.07) is 2.32. The van der Waals surface area contributed by atoms with Crippen LogP contribution in [0.2, 0.25) is 5.02 Å². The minimum absolute atomic E-state index is 0.00619. The van der Waals surface area contributed by atoms with Crippen LogP contribution in [0, 0.1) is 11.6 Å². The molecule has 1 atom stereocenters. The van der Waals surface area contributed by atoms with Gasteiger partial charge in [-0.2, -0.15) is 0 Å². The van der Waals surface area contributed by atoms with E-state index in [-0.39, 0.29) is 33.5 Å². The van der Waals surface area contributed by atoms with Crippen molar-refractivity contribution in [2.75, 3.05) is 13.7 Å². The molecular weight excluding hydrogens is 514 g/mol. The molecule has 0 saturated heterocycles. The van der Waals surface area contributed by atoms with E-state index in [1.165, 1.54) is 26.2 Å². The number of ether oxygens (including phenoxy) is 2. The van der Waals surface area contributed by atoms with Gasteiger partial charge in [0.2, 0.25) is 5.76 Å². The van der Waals surface area contributed by atoms with Gasteiger partial charge in [0.15, 0.2) is 11.6 Å². The molecule has 0 spiro atoms. The van der Waals surface area contributed by atoms with Crippen molar-refractivity contribution in [1.82, 2.24) is 26.3 Å². The maximum atomic E-state index is 14.8. The summed E-state index contributed by atoms with van der Waals surface area (Å²) >= 11 is 5.86. The van der Waals surface area contributed by atoms with Gasteiger partial charge in [-0.25, -0.2) is 27.8 Å². The zero-order valence-corrected chi connectivity index (χ0v) is 19.3. The van der Waals surface area contributed by atoms with Crippen LogP contribution in [0.15, 0.2) is 35.0 Å². The second-order valence-electron chi connectivity index (χ2n) is 7.07. The number of carbonyl (C=O) groups excluding carboxylic acids is 2. The standard InChI is InChI=1S/C21H18ClF4N5O5/c1-9(28-21(33)30-29-20(32)15-6-17(34-2)31-36-15)18-13(23)3-10(7-27-18)12-4-11(22)5-14(24)19(12)35-8-16(25)26/h3-7,9,16H,8H2,1-2H3,(H,29,32)(H2,28,30,33)/t9-/m1/s1. The number of alkyl halides is 2. The van der Waals surface area contributed by atoms with Gasteiger partial charge in [0, 0.05) is 22.3 Å². The van der Waals surface area contributed by atoms with Crippen LogP contribution in [0.4, 0.5) is 22.4 Å². The summed E-state index contributed by atoms with van der Waals surface area (Å²) in [7, 11) is 1.32. The van der Waals surface area contributed by atoms with Gasteiger partial charge >= 0.3 is 11.9 Å². The number of rotatable bonds is 8. The first kappa shape index (κ1) is 26.5. The zero-order valence-electron chi connectivity index (χ0n) is 18.6. The second kappa shape index (κ2) is 11.6. The molecule has 10 nitrogen and oxygen atoms in total. The molecule has 0 unspecified atom stereocenters. The highest BCUT2D eigenvalue weighted by atomic mass is 35.5. The molecule has 36 heavy (non-hydrogen) atoms. The number of benzene rings is 1. The fourth-order valence-corrected chi connectivity index (χ4v) is 3.13. The average Bonchev–Trinajstić information content (AvgIpc) is 3.30. The van der Waals surface area contributed by atoms with Crippen LogP contribution in [0.5, 0.6) is 11.6 Å². The van der Waals surface area contributed by atoms with Gasteiger partial charge in [-0.15, -0.1) is 0 Å². The Kier molecular flexibility index (Phi) is 8.53. The number of nitrogens with zero attached hydrogens (tertiary/aromatic N) is 2. The number of hydrogen-bond acceptors (Lipinski definition) is 7. The molecule has 0 radical (unpaired) electrons. The van der Waals surface area contributed by atoms with Gasteiger partial charge < -0.3 is 19.3 Å². The molecule has 0 saturated carbocycles. The third kappa shape index (κ3) is 6.53. The van der Waals surface area contributed by atoms with Gasteiger partial charge in [0.05, 0.1) is 24.9 Å². The molecule has 3 amide bonds. The summed E-state index contributed by atoms with van der Waals surface area (Å²) in [4.78, 5) is 27.9. The van der Waals surface area contributed by atoms with Crippen molar-refractivity contribution in [3.05, 3.63) is 58.6 Å². The number of hydrogen-bond donors (Lipinski definition) is 3. The summed E-state index contributed by atoms with van der Waals surface area (Å²) in [5, 5.41) is 5.72. The average molecular weight is 532 g/mol. The largest absolute Gasteiger partial charge is 0.484 e. The van der Waals surface area contributed by atoms with Crippen LogP contribution >= 0.6 is 11.6 Å². The second-order valence-corrected chi connectivity index (χ2v) is 7.50. The van der Waals surface area contributed by atoms with Crippen LogP contribution in [-0.2, 0) is 0 Å². The van der Waals surface area contributed by atoms with Crippen LogP contribution in [-0.4, -0.2) is 42.2 Å². The molecule has 0 aliphatic rings. The Hall–Kier alpha value is -4.07. The van der Waals surface area contributed by atoms with Crippen LogP contribution in [0.1, 0.15) is 29.2 Å². The minimum Gasteiger partial charge on any atom is -0.484 e. The first-order valence-corrected chi connectivity index (χ1v) is 10.4. The van der Waals surface area contributed by atoms with E-state index in [2.05, 4.69) is 20.9 Å². The summed E-state index contributed by atoms with van der Waals surface area (Å²) in [6.07, 6.45) is -1.74. The van der Waals surface area contributed by atoms with Gasteiger partial charge in [-0.1, -0.05) is 11.6 Å². The number of carbonyl (C=O) groups is 2. The molecule has 15 heteroatoms. The van der Waals surface area contributed by atoms with Crippen molar-refractivity contribution in [3.63, 3.8) is 0 Å². The molecule has 2 heterocycles. The van der Waals surface area contributed by atoms with Gasteiger partial charge in [0.1, 0.15) is 12.4 Å². The number of hydrazine groups is 1. The maximum absolute atomic E-state index is 14.8. The van der Waals surface area contributed by atoms with Gasteiger partial charge in [-0.3, -0.25) is 15.2 Å². The number of nitrogens with one attached hydrogen (secondary N) is 3. The Balaban J connectivity index is 1.69. The first-order valence-electron chi connectivity index (χ1n) is 10.0. The van der Waals surface area contributed by atoms with E-state index in [4.69, 9.17) is 25.6 Å². The van der Waals surface area contributed by atoms with E-state index in [9.17, 15) is 27.2 Å². The molecule has 0 bridgehead atoms. The lowest BCUT2D eigenvalue weighted by molar-refractivity contribution is 0.0802. The zero-order chi connectivity index (χ0) is 26.4. The van der Waals surface area contributed by atoms with Crippen LogP contribution < -0.4 is 25.6 Å². The Morgan fingerprint density at radius 2 is 1.89 bits per heavy atom. The van der Waals surface area contributed by atoms with Crippen LogP contribution in [0.3, 0.4) is 0 Å². The normalized spacial score (nSPS) is 11.7. The highest BCUT2D eigenvalue weighted by Gasteiger charge is 2.21. The maximum Gasteiger partial charge on any atom is 0.334 e. The molecule has 2 aromatic heterocycles. The fraction of sp³-hybridized carbons (Fsp3) is 0.238. The molecule has 3 N–H and O–H groups in total. The molecule has 3 aromatic rings. The third-order valence-corrected chi connectivity index (χ3v) is 4.73. The summed E-state index contributed by atoms with van der Waals surface area (Å²) < 4.78 is 68.6. The summed E-state index contributed by atoms with van der Waals surface area (Å²) in [6.45, 7) is 0.320. The highest BCUT2D eigenvalue weighted by molar-refractivity contribution is 6.31.